The molecule has 0 heterocycles. The van der Waals surface area contributed by atoms with Crippen LogP contribution in [-0.2, 0) is 38.6 Å². The SMILES string of the molecule is CCCC(NC(=O)[C@H](CS(=O)(=O)c1cccc2ccccc12)NC(=O)[C@@H](NC(=O)c1ccccc1C(=O)O)C1CCCCC1)C(=O)C(=O)NCC(=O)N[C@H](C(N)=O)c1ccccc1. The van der Waals surface area contributed by atoms with E-state index in [0.717, 1.165) is 6.42 Å². The minimum atomic E-state index is -4.42. The molecule has 1 aliphatic rings. The monoisotopic (exact) mass is 882 g/mol. The van der Waals surface area contributed by atoms with Crippen molar-refractivity contribution in [3.05, 3.63) is 114 Å². The van der Waals surface area contributed by atoms with E-state index in [-0.39, 0.29) is 28.9 Å². The second-order valence-electron chi connectivity index (χ2n) is 15.2. The Labute approximate surface area is 363 Å². The lowest BCUT2D eigenvalue weighted by Crippen LogP contribution is -2.60. The van der Waals surface area contributed by atoms with Crippen molar-refractivity contribution in [1.29, 1.82) is 0 Å². The lowest BCUT2D eigenvalue weighted by atomic mass is 9.83. The van der Waals surface area contributed by atoms with Crippen molar-refractivity contribution in [3.63, 3.8) is 0 Å². The van der Waals surface area contributed by atoms with Crippen LogP contribution in [0, 0.1) is 5.92 Å². The Morgan fingerprint density at radius 1 is 0.714 bits per heavy atom. The molecule has 1 unspecified atom stereocenters. The Morgan fingerprint density at radius 3 is 2.00 bits per heavy atom. The zero-order valence-corrected chi connectivity index (χ0v) is 35.3. The van der Waals surface area contributed by atoms with Gasteiger partial charge in [-0.1, -0.05) is 111 Å². The van der Waals surface area contributed by atoms with Gasteiger partial charge in [0, 0.05) is 5.39 Å². The van der Waals surface area contributed by atoms with Crippen LogP contribution in [0.5, 0.6) is 0 Å². The molecule has 18 heteroatoms. The molecule has 1 aliphatic carbocycles. The Morgan fingerprint density at radius 2 is 1.33 bits per heavy atom. The highest BCUT2D eigenvalue weighted by Crippen LogP contribution is 2.28. The van der Waals surface area contributed by atoms with Crippen molar-refractivity contribution in [2.24, 2.45) is 11.7 Å². The maximum Gasteiger partial charge on any atom is 0.336 e. The summed E-state index contributed by atoms with van der Waals surface area (Å²) in [6, 6.07) is 18.7. The van der Waals surface area contributed by atoms with E-state index >= 15 is 0 Å². The number of nitrogens with one attached hydrogen (secondary N) is 5. The molecule has 0 saturated heterocycles. The lowest BCUT2D eigenvalue weighted by Gasteiger charge is -2.31. The smallest absolute Gasteiger partial charge is 0.336 e. The fourth-order valence-electron chi connectivity index (χ4n) is 7.58. The summed E-state index contributed by atoms with van der Waals surface area (Å²) in [6.45, 7) is 0.913. The molecular weight excluding hydrogens is 833 g/mol. The first-order valence-electron chi connectivity index (χ1n) is 20.5. The van der Waals surface area contributed by atoms with Gasteiger partial charge in [0.15, 0.2) is 9.84 Å². The van der Waals surface area contributed by atoms with Gasteiger partial charge in [-0.3, -0.25) is 33.6 Å². The van der Waals surface area contributed by atoms with Gasteiger partial charge < -0.3 is 37.4 Å². The van der Waals surface area contributed by atoms with E-state index < -0.39 is 99.4 Å². The highest BCUT2D eigenvalue weighted by molar-refractivity contribution is 7.91. The summed E-state index contributed by atoms with van der Waals surface area (Å²) in [7, 11) is -4.42. The summed E-state index contributed by atoms with van der Waals surface area (Å²) in [5.74, 6) is -9.97. The molecule has 332 valence electrons. The standard InChI is InChI=1S/C45H50N6O11S/c1-2-14-33(39(53)44(58)47-25-36(52)50-37(40(46)54)28-16-5-3-6-17-28)48-42(56)34(26-63(61,62)35-24-13-20-27-15-9-10-21-30(27)35)49-43(57)38(29-18-7-4-8-19-29)51-41(55)31-22-11-12-23-32(31)45(59)60/h3,5-6,9-13,15-17,20-24,29,33-34,37-38H,2,4,7-8,14,18-19,25-26H2,1H3,(H2,46,54)(H,47,58)(H,48,56)(H,49,57)(H,50,52)(H,51,55)(H,59,60)/t33?,34-,37-,38-/m0/s1. The Bertz CT molecular complexity index is 2470. The molecule has 0 aromatic heterocycles. The summed E-state index contributed by atoms with van der Waals surface area (Å²) < 4.78 is 28.5. The molecule has 4 aromatic carbocycles. The molecule has 1 saturated carbocycles. The van der Waals surface area contributed by atoms with Crippen LogP contribution in [0.25, 0.3) is 10.8 Å². The maximum atomic E-state index is 14.4. The van der Waals surface area contributed by atoms with E-state index in [0.29, 0.717) is 42.0 Å². The highest BCUT2D eigenvalue weighted by Gasteiger charge is 2.38. The Kier molecular flexibility index (Phi) is 16.2. The van der Waals surface area contributed by atoms with Crippen molar-refractivity contribution in [2.45, 2.75) is 80.9 Å². The average Bonchev–Trinajstić information content (AvgIpc) is 3.28. The number of fused-ring (bicyclic) bond motifs is 1. The van der Waals surface area contributed by atoms with Gasteiger partial charge in [0.05, 0.1) is 34.4 Å². The summed E-state index contributed by atoms with van der Waals surface area (Å²) >= 11 is 0. The van der Waals surface area contributed by atoms with Crippen LogP contribution in [0.3, 0.4) is 0 Å². The number of ketones is 1. The summed E-state index contributed by atoms with van der Waals surface area (Å²) in [5.41, 5.74) is 5.32. The topological polar surface area (TPSA) is 277 Å². The van der Waals surface area contributed by atoms with Crippen molar-refractivity contribution in [2.75, 3.05) is 12.3 Å². The van der Waals surface area contributed by atoms with Gasteiger partial charge in [-0.25, -0.2) is 13.2 Å². The number of hydrogen-bond donors (Lipinski definition) is 7. The number of sulfone groups is 1. The van der Waals surface area contributed by atoms with Crippen LogP contribution in [0.4, 0.5) is 0 Å². The fourth-order valence-corrected chi connectivity index (χ4v) is 9.24. The zero-order valence-electron chi connectivity index (χ0n) is 34.5. The molecule has 17 nitrogen and oxygen atoms in total. The van der Waals surface area contributed by atoms with E-state index in [2.05, 4.69) is 26.6 Å². The van der Waals surface area contributed by atoms with Gasteiger partial charge in [-0.15, -0.1) is 0 Å². The highest BCUT2D eigenvalue weighted by atomic mass is 32.2. The fraction of sp³-hybridized carbons (Fsp3) is 0.333. The molecule has 6 amide bonds. The van der Waals surface area contributed by atoms with E-state index in [9.17, 15) is 51.9 Å². The van der Waals surface area contributed by atoms with Crippen molar-refractivity contribution >= 4 is 67.8 Å². The van der Waals surface area contributed by atoms with Gasteiger partial charge in [0.25, 0.3) is 11.8 Å². The first kappa shape index (κ1) is 47.1. The van der Waals surface area contributed by atoms with Crippen molar-refractivity contribution < 1.29 is 51.9 Å². The van der Waals surface area contributed by atoms with Crippen molar-refractivity contribution in [3.8, 4) is 0 Å². The molecule has 5 rings (SSSR count). The number of aromatic carboxylic acids is 1. The molecule has 4 aromatic rings. The number of hydrogen-bond acceptors (Lipinski definition) is 10. The third kappa shape index (κ3) is 12.3. The molecule has 0 radical (unpaired) electrons. The number of carboxylic acids is 1. The number of primary amides is 1. The van der Waals surface area contributed by atoms with Crippen LogP contribution in [0.1, 0.15) is 84.2 Å². The number of nitrogens with two attached hydrogens (primary N) is 1. The summed E-state index contributed by atoms with van der Waals surface area (Å²) in [4.78, 5) is 106. The van der Waals surface area contributed by atoms with Gasteiger partial charge in [-0.05, 0) is 54.3 Å². The molecule has 63 heavy (non-hydrogen) atoms. The average molecular weight is 883 g/mol. The largest absolute Gasteiger partial charge is 0.478 e. The van der Waals surface area contributed by atoms with Crippen LogP contribution in [0.2, 0.25) is 0 Å². The van der Waals surface area contributed by atoms with Crippen molar-refractivity contribution in [1.82, 2.24) is 26.6 Å². The van der Waals surface area contributed by atoms with Crippen LogP contribution >= 0.6 is 0 Å². The maximum absolute atomic E-state index is 14.4. The number of rotatable bonds is 20. The third-order valence-corrected chi connectivity index (χ3v) is 12.6. The van der Waals surface area contributed by atoms with Crippen LogP contribution in [0.15, 0.2) is 102 Å². The number of carbonyl (C=O) groups is 8. The molecule has 8 N–H and O–H groups in total. The summed E-state index contributed by atoms with van der Waals surface area (Å²) in [5, 5.41) is 22.8. The van der Waals surface area contributed by atoms with E-state index in [4.69, 9.17) is 5.73 Å². The second kappa shape index (κ2) is 21.7. The van der Waals surface area contributed by atoms with Gasteiger partial charge in [0.1, 0.15) is 18.1 Å². The quantitative estimate of drug-likeness (QED) is 0.0634. The van der Waals surface area contributed by atoms with Crippen LogP contribution in [-0.4, -0.2) is 91.1 Å². The van der Waals surface area contributed by atoms with Gasteiger partial charge in [-0.2, -0.15) is 0 Å². The number of benzene rings is 4. The number of amides is 6. The Hall–Kier alpha value is -6.95. The molecule has 0 spiro atoms. The molecule has 0 bridgehead atoms. The minimum Gasteiger partial charge on any atom is -0.478 e. The first-order chi connectivity index (χ1) is 30.1. The predicted molar refractivity (Wildman–Crippen MR) is 231 cm³/mol. The van der Waals surface area contributed by atoms with E-state index in [1.807, 2.05) is 0 Å². The second-order valence-corrected chi connectivity index (χ2v) is 17.2. The molecule has 0 aliphatic heterocycles. The summed E-state index contributed by atoms with van der Waals surface area (Å²) in [6.07, 6.45) is 3.39. The first-order valence-corrected chi connectivity index (χ1v) is 22.2. The van der Waals surface area contributed by atoms with Gasteiger partial charge in [0.2, 0.25) is 29.4 Å². The lowest BCUT2D eigenvalue weighted by molar-refractivity contribution is -0.141. The number of carbonyl (C=O) groups excluding carboxylic acids is 7. The van der Waals surface area contributed by atoms with Gasteiger partial charge >= 0.3 is 5.97 Å². The third-order valence-electron chi connectivity index (χ3n) is 10.8. The van der Waals surface area contributed by atoms with Crippen LogP contribution < -0.4 is 32.3 Å². The van der Waals surface area contributed by atoms with E-state index in [1.54, 1.807) is 67.6 Å². The number of carboxylic acid groups (broad SMARTS) is 1. The minimum absolute atomic E-state index is 0.109. The zero-order chi connectivity index (χ0) is 45.7. The Balaban J connectivity index is 1.40. The molecule has 4 atom stereocenters. The molecule has 1 fully saturated rings. The number of Topliss-reactive ketones (excluding diaryl/α,β-unsaturated/α-hetero) is 1. The predicted octanol–water partition coefficient (Wildman–Crippen LogP) is 2.49. The molecular formula is C45H50N6O11S. The normalized spacial score (nSPS) is 14.8. The van der Waals surface area contributed by atoms with E-state index in [1.165, 1.54) is 36.4 Å².